The van der Waals surface area contributed by atoms with Gasteiger partial charge in [0.2, 0.25) is 11.8 Å². The van der Waals surface area contributed by atoms with Crippen LogP contribution in [0.4, 0.5) is 5.69 Å². The highest BCUT2D eigenvalue weighted by molar-refractivity contribution is 9.10. The molecule has 7 nitrogen and oxygen atoms in total. The fourth-order valence-electron chi connectivity index (χ4n) is 2.57. The van der Waals surface area contributed by atoms with Crippen molar-refractivity contribution in [1.29, 1.82) is 0 Å². The van der Waals surface area contributed by atoms with Crippen molar-refractivity contribution in [2.75, 3.05) is 12.4 Å². The fraction of sp³-hybridized carbons (Fsp3) is 0.200. The number of ether oxygens (including phenoxy) is 1. The highest BCUT2D eigenvalue weighted by Crippen LogP contribution is 2.26. The topological polar surface area (TPSA) is 92.2 Å². The number of hydrogen-bond acceptors (Lipinski definition) is 6. The zero-order valence-electron chi connectivity index (χ0n) is 16.1. The number of amidine groups is 1. The second-order valence-corrected chi connectivity index (χ2v) is 8.78. The first-order chi connectivity index (χ1) is 14.4. The van der Waals surface area contributed by atoms with Crippen molar-refractivity contribution in [3.05, 3.63) is 57.5 Å². The Kier molecular flexibility index (Phi) is 7.52. The van der Waals surface area contributed by atoms with Gasteiger partial charge in [-0.2, -0.15) is 5.10 Å². The van der Waals surface area contributed by atoms with Gasteiger partial charge in [-0.05, 0) is 70.9 Å². The molecule has 1 aliphatic heterocycles. The van der Waals surface area contributed by atoms with E-state index in [0.29, 0.717) is 21.6 Å². The Labute approximate surface area is 191 Å². The van der Waals surface area contributed by atoms with Crippen molar-refractivity contribution in [2.45, 2.75) is 18.6 Å². The first-order valence-electron chi connectivity index (χ1n) is 8.85. The Morgan fingerprint density at radius 2 is 2.03 bits per heavy atom. The highest BCUT2D eigenvalue weighted by atomic mass is 79.9. The number of methoxy groups -OCH3 is 1. The number of halogens is 2. The number of carbonyl (C=O) groups excluding carboxylic acids is 2. The summed E-state index contributed by atoms with van der Waals surface area (Å²) in [5, 5.41) is 14.1. The molecule has 1 heterocycles. The summed E-state index contributed by atoms with van der Waals surface area (Å²) < 4.78 is 6.02. The van der Waals surface area contributed by atoms with E-state index < -0.39 is 5.25 Å². The van der Waals surface area contributed by atoms with Crippen LogP contribution < -0.4 is 15.4 Å². The van der Waals surface area contributed by atoms with Gasteiger partial charge in [0.1, 0.15) is 11.0 Å². The summed E-state index contributed by atoms with van der Waals surface area (Å²) in [6, 6.07) is 12.3. The molecule has 0 aromatic heterocycles. The Balaban J connectivity index is 1.60. The number of anilines is 1. The predicted molar refractivity (Wildman–Crippen MR) is 125 cm³/mol. The summed E-state index contributed by atoms with van der Waals surface area (Å²) >= 11 is 10.4. The number of nitrogens with one attached hydrogen (secondary N) is 2. The Bertz CT molecular complexity index is 1030. The maximum atomic E-state index is 12.2. The largest absolute Gasteiger partial charge is 0.496 e. The van der Waals surface area contributed by atoms with E-state index in [2.05, 4.69) is 36.8 Å². The average molecular weight is 510 g/mol. The second kappa shape index (κ2) is 10.1. The lowest BCUT2D eigenvalue weighted by atomic mass is 10.1. The molecular weight excluding hydrogens is 492 g/mol. The van der Waals surface area contributed by atoms with Crippen molar-refractivity contribution in [2.24, 2.45) is 10.2 Å². The number of amides is 2. The third-order valence-electron chi connectivity index (χ3n) is 4.14. The van der Waals surface area contributed by atoms with Gasteiger partial charge in [-0.15, -0.1) is 5.10 Å². The molecular formula is C20H18BrClN4O3S. The fourth-order valence-corrected chi connectivity index (χ4v) is 4.15. The van der Waals surface area contributed by atoms with E-state index >= 15 is 0 Å². The average Bonchev–Trinajstić information content (AvgIpc) is 3.07. The molecule has 2 aromatic rings. The third kappa shape index (κ3) is 5.84. The zero-order chi connectivity index (χ0) is 21.7. The number of nitrogens with zero attached hydrogens (tertiary/aromatic N) is 2. The van der Waals surface area contributed by atoms with E-state index in [1.807, 2.05) is 25.1 Å². The van der Waals surface area contributed by atoms with Gasteiger partial charge in [0.25, 0.3) is 0 Å². The molecule has 0 aliphatic carbocycles. The Morgan fingerprint density at radius 3 is 2.70 bits per heavy atom. The third-order valence-corrected chi connectivity index (χ3v) is 6.08. The standard InChI is InChI=1S/C20H18BrClN4O3S/c1-11(12-3-8-16(29-2)15(21)9-12)25-26-20-24-19(28)17(30-20)10-18(27)23-14-6-4-13(22)5-7-14/h3-9,17H,10H2,1-2H3,(H,23,27)(H,24,26,28)/b25-11+. The normalized spacial score (nSPS) is 17.7. The van der Waals surface area contributed by atoms with Gasteiger partial charge in [0, 0.05) is 17.1 Å². The van der Waals surface area contributed by atoms with Crippen LogP contribution >= 0.6 is 39.3 Å². The van der Waals surface area contributed by atoms with Crippen LogP contribution in [0.25, 0.3) is 0 Å². The van der Waals surface area contributed by atoms with Gasteiger partial charge in [0.05, 0.1) is 17.3 Å². The molecule has 2 amide bonds. The predicted octanol–water partition coefficient (Wildman–Crippen LogP) is 4.45. The molecule has 1 aliphatic rings. The minimum atomic E-state index is -0.568. The second-order valence-electron chi connectivity index (χ2n) is 6.29. The van der Waals surface area contributed by atoms with Gasteiger partial charge in [-0.3, -0.25) is 9.59 Å². The number of benzene rings is 2. The molecule has 0 saturated carbocycles. The lowest BCUT2D eigenvalue weighted by Crippen LogP contribution is -2.28. The van der Waals surface area contributed by atoms with E-state index in [1.165, 1.54) is 11.8 Å². The van der Waals surface area contributed by atoms with Crippen LogP contribution in [-0.4, -0.2) is 35.1 Å². The van der Waals surface area contributed by atoms with Crippen LogP contribution in [0, 0.1) is 0 Å². The minimum Gasteiger partial charge on any atom is -0.496 e. The molecule has 0 bridgehead atoms. The summed E-state index contributed by atoms with van der Waals surface area (Å²) in [7, 11) is 1.60. The molecule has 1 unspecified atom stereocenters. The van der Waals surface area contributed by atoms with Gasteiger partial charge in [0.15, 0.2) is 5.17 Å². The van der Waals surface area contributed by atoms with Crippen LogP contribution in [0.5, 0.6) is 5.75 Å². The van der Waals surface area contributed by atoms with Crippen molar-refractivity contribution in [1.82, 2.24) is 5.32 Å². The summed E-state index contributed by atoms with van der Waals surface area (Å²) in [5.74, 6) is 0.176. The molecule has 1 fully saturated rings. The zero-order valence-corrected chi connectivity index (χ0v) is 19.3. The monoisotopic (exact) mass is 508 g/mol. The van der Waals surface area contributed by atoms with Crippen molar-refractivity contribution < 1.29 is 14.3 Å². The molecule has 2 aromatic carbocycles. The number of hydrogen-bond donors (Lipinski definition) is 2. The van der Waals surface area contributed by atoms with Gasteiger partial charge in [-0.25, -0.2) is 0 Å². The van der Waals surface area contributed by atoms with Crippen molar-refractivity contribution >= 4 is 67.7 Å². The quantitative estimate of drug-likeness (QED) is 0.444. The summed E-state index contributed by atoms with van der Waals surface area (Å²) in [4.78, 5) is 24.4. The first kappa shape index (κ1) is 22.3. The van der Waals surface area contributed by atoms with E-state index in [1.54, 1.807) is 31.4 Å². The maximum absolute atomic E-state index is 12.2. The van der Waals surface area contributed by atoms with Gasteiger partial charge >= 0.3 is 0 Å². The Morgan fingerprint density at radius 1 is 1.30 bits per heavy atom. The molecule has 1 atom stereocenters. The van der Waals surface area contributed by atoms with E-state index in [9.17, 15) is 9.59 Å². The lowest BCUT2D eigenvalue weighted by Gasteiger charge is -2.07. The van der Waals surface area contributed by atoms with Crippen LogP contribution in [0.3, 0.4) is 0 Å². The van der Waals surface area contributed by atoms with Crippen LogP contribution in [0.2, 0.25) is 5.02 Å². The number of thioether (sulfide) groups is 1. The smallest absolute Gasteiger partial charge is 0.240 e. The number of rotatable bonds is 6. The first-order valence-corrected chi connectivity index (χ1v) is 10.9. The molecule has 10 heteroatoms. The molecule has 3 rings (SSSR count). The van der Waals surface area contributed by atoms with Gasteiger partial charge in [-0.1, -0.05) is 23.4 Å². The molecule has 0 spiro atoms. The Hall–Kier alpha value is -2.36. The van der Waals surface area contributed by atoms with E-state index in [0.717, 1.165) is 15.8 Å². The van der Waals surface area contributed by atoms with Crippen LogP contribution in [-0.2, 0) is 9.59 Å². The SMILES string of the molecule is COc1ccc(/C(C)=N/N=C2\NC(=O)C(CC(=O)Nc3ccc(Cl)cc3)S2)cc1Br. The molecule has 30 heavy (non-hydrogen) atoms. The number of carbonyl (C=O) groups is 2. The minimum absolute atomic E-state index is 0.0201. The van der Waals surface area contributed by atoms with E-state index in [4.69, 9.17) is 16.3 Å². The van der Waals surface area contributed by atoms with Crippen LogP contribution in [0.15, 0.2) is 57.1 Å². The molecule has 2 N–H and O–H groups in total. The van der Waals surface area contributed by atoms with Gasteiger partial charge < -0.3 is 15.4 Å². The highest BCUT2D eigenvalue weighted by Gasteiger charge is 2.32. The van der Waals surface area contributed by atoms with Crippen molar-refractivity contribution in [3.8, 4) is 5.75 Å². The lowest BCUT2D eigenvalue weighted by molar-refractivity contribution is -0.122. The van der Waals surface area contributed by atoms with Crippen LogP contribution in [0.1, 0.15) is 18.9 Å². The summed E-state index contributed by atoms with van der Waals surface area (Å²) in [6.45, 7) is 1.82. The molecule has 0 radical (unpaired) electrons. The summed E-state index contributed by atoms with van der Waals surface area (Å²) in [6.07, 6.45) is 0.0201. The van der Waals surface area contributed by atoms with Crippen molar-refractivity contribution in [3.63, 3.8) is 0 Å². The maximum Gasteiger partial charge on any atom is 0.240 e. The van der Waals surface area contributed by atoms with E-state index in [-0.39, 0.29) is 18.2 Å². The molecule has 156 valence electrons. The summed E-state index contributed by atoms with van der Waals surface area (Å²) in [5.41, 5.74) is 2.15. The molecule has 1 saturated heterocycles.